The summed E-state index contributed by atoms with van der Waals surface area (Å²) < 4.78 is 51.7. The van der Waals surface area contributed by atoms with Crippen molar-refractivity contribution >= 4 is 102 Å². The zero-order valence-corrected chi connectivity index (χ0v) is 25.0. The van der Waals surface area contributed by atoms with Crippen LogP contribution in [0.2, 0.25) is 0 Å². The maximum atomic E-state index is 13.1. The summed E-state index contributed by atoms with van der Waals surface area (Å²) in [5.41, 5.74) is 0.484. The number of carbonyl (C=O) groups is 2. The molecule has 3 aliphatic rings. The van der Waals surface area contributed by atoms with Crippen LogP contribution in [0.15, 0.2) is 41.3 Å². The Morgan fingerprint density at radius 1 is 1.09 bits per heavy atom. The van der Waals surface area contributed by atoms with Gasteiger partial charge >= 0.3 is 11.9 Å². The van der Waals surface area contributed by atoms with Crippen LogP contribution in [0.4, 0.5) is 0 Å². The van der Waals surface area contributed by atoms with E-state index in [4.69, 9.17) is 18.8 Å². The smallest absolute Gasteiger partial charge is 0.339 e. The van der Waals surface area contributed by atoms with E-state index in [0.717, 1.165) is 22.8 Å². The number of halogens is 3. The van der Waals surface area contributed by atoms with Gasteiger partial charge in [0.1, 0.15) is 18.0 Å². The molecule has 0 amide bonds. The molecule has 1 N–H and O–H groups in total. The first-order chi connectivity index (χ1) is 16.0. The summed E-state index contributed by atoms with van der Waals surface area (Å²) in [6.07, 6.45) is -0.839. The van der Waals surface area contributed by atoms with Gasteiger partial charge in [-0.3, -0.25) is 9.35 Å². The first-order valence-corrected chi connectivity index (χ1v) is 15.6. The second-order valence-electron chi connectivity index (χ2n) is 8.04. The molecule has 6 unspecified atom stereocenters. The minimum absolute atomic E-state index is 0.0392. The summed E-state index contributed by atoms with van der Waals surface area (Å²) in [5, 5.41) is -0.257. The van der Waals surface area contributed by atoms with Crippen molar-refractivity contribution in [3.8, 4) is 5.75 Å². The molecule has 180 valence electrons. The van der Waals surface area contributed by atoms with E-state index < -0.39 is 34.1 Å². The third-order valence-electron chi connectivity index (χ3n) is 6.07. The summed E-state index contributed by atoms with van der Waals surface area (Å²) in [6, 6.07) is 8.72. The van der Waals surface area contributed by atoms with E-state index in [-0.39, 0.29) is 33.2 Å². The van der Waals surface area contributed by atoms with Gasteiger partial charge < -0.3 is 14.2 Å². The third-order valence-corrected chi connectivity index (χ3v) is 12.4. The Morgan fingerprint density at radius 2 is 1.79 bits per heavy atom. The molecule has 34 heavy (non-hydrogen) atoms. The quantitative estimate of drug-likeness (QED) is 0.157. The highest BCUT2D eigenvalue weighted by Crippen LogP contribution is 2.58. The van der Waals surface area contributed by atoms with Crippen LogP contribution in [0.3, 0.4) is 0 Å². The Kier molecular flexibility index (Phi) is 7.17. The Bertz CT molecular complexity index is 1280. The second-order valence-corrected chi connectivity index (χ2v) is 14.3. The zero-order valence-electron chi connectivity index (χ0n) is 16.9. The van der Waals surface area contributed by atoms with Crippen LogP contribution in [0, 0.1) is 22.5 Å². The molecule has 0 spiro atoms. The SMILES string of the molecule is O=C(OC1C2OCC3C2SC1C3C(=O)Oc1ccc(S(=O)(=O)O)cc1)c1cc(I)cc(I)c1I. The number of ether oxygens (including phenoxy) is 3. The molecule has 0 aliphatic carbocycles. The summed E-state index contributed by atoms with van der Waals surface area (Å²) in [7, 11) is -4.34. The molecule has 0 radical (unpaired) electrons. The first kappa shape index (κ1) is 25.4. The van der Waals surface area contributed by atoms with E-state index in [9.17, 15) is 18.0 Å². The van der Waals surface area contributed by atoms with Crippen LogP contribution < -0.4 is 4.74 Å². The van der Waals surface area contributed by atoms with E-state index in [1.54, 1.807) is 17.8 Å². The Hall–Kier alpha value is -0.210. The van der Waals surface area contributed by atoms with Gasteiger partial charge in [-0.1, -0.05) is 0 Å². The monoisotopic (exact) mass is 840 g/mol. The largest absolute Gasteiger partial charge is 0.455 e. The van der Waals surface area contributed by atoms with Gasteiger partial charge in [0.05, 0.1) is 28.2 Å². The average Bonchev–Trinajstić information content (AvgIpc) is 3.39. The molecule has 13 heteroatoms. The molecule has 6 atom stereocenters. The van der Waals surface area contributed by atoms with Crippen LogP contribution in [-0.2, 0) is 24.4 Å². The van der Waals surface area contributed by atoms with Crippen LogP contribution in [0.5, 0.6) is 5.75 Å². The van der Waals surface area contributed by atoms with Crippen molar-refractivity contribution in [2.45, 2.75) is 27.6 Å². The number of esters is 2. The highest BCUT2D eigenvalue weighted by Gasteiger charge is 2.67. The van der Waals surface area contributed by atoms with E-state index >= 15 is 0 Å². The number of rotatable bonds is 5. The summed E-state index contributed by atoms with van der Waals surface area (Å²) >= 11 is 8.07. The molecule has 8 nitrogen and oxygen atoms in total. The van der Waals surface area contributed by atoms with Crippen LogP contribution in [0.1, 0.15) is 10.4 Å². The molecule has 3 aliphatic heterocycles. The van der Waals surface area contributed by atoms with Crippen molar-refractivity contribution in [2.24, 2.45) is 11.8 Å². The summed E-state index contributed by atoms with van der Waals surface area (Å²) in [6.45, 7) is 0.382. The Morgan fingerprint density at radius 3 is 2.47 bits per heavy atom. The molecule has 2 bridgehead atoms. The second kappa shape index (κ2) is 9.59. The number of thioether (sulfide) groups is 1. The van der Waals surface area contributed by atoms with E-state index in [0.29, 0.717) is 12.2 Å². The molecule has 2 aromatic rings. The van der Waals surface area contributed by atoms with Gasteiger partial charge in [0.15, 0.2) is 0 Å². The molecule has 2 aromatic carbocycles. The lowest BCUT2D eigenvalue weighted by molar-refractivity contribution is -0.141. The van der Waals surface area contributed by atoms with Gasteiger partial charge in [-0.2, -0.15) is 8.42 Å². The van der Waals surface area contributed by atoms with Crippen LogP contribution in [0.25, 0.3) is 0 Å². The molecule has 3 heterocycles. The van der Waals surface area contributed by atoms with Gasteiger partial charge in [-0.25, -0.2) is 4.79 Å². The third kappa shape index (κ3) is 4.62. The minimum atomic E-state index is -4.34. The lowest BCUT2D eigenvalue weighted by Crippen LogP contribution is -2.48. The highest BCUT2D eigenvalue weighted by molar-refractivity contribution is 14.1. The van der Waals surface area contributed by atoms with Crippen molar-refractivity contribution in [3.05, 3.63) is 52.7 Å². The van der Waals surface area contributed by atoms with Crippen molar-refractivity contribution < 1.29 is 36.8 Å². The highest BCUT2D eigenvalue weighted by atomic mass is 127. The fourth-order valence-corrected chi connectivity index (χ4v) is 9.51. The normalized spacial score (nSPS) is 29.3. The maximum Gasteiger partial charge on any atom is 0.339 e. The zero-order chi connectivity index (χ0) is 24.4. The van der Waals surface area contributed by atoms with E-state index in [1.807, 2.05) is 6.07 Å². The summed E-state index contributed by atoms with van der Waals surface area (Å²) in [5.74, 6) is -1.33. The number of hydrogen-bond donors (Lipinski definition) is 1. The summed E-state index contributed by atoms with van der Waals surface area (Å²) in [4.78, 5) is 25.9. The van der Waals surface area contributed by atoms with Gasteiger partial charge in [0.2, 0.25) is 0 Å². The fraction of sp³-hybridized carbons (Fsp3) is 0.333. The molecule has 3 fully saturated rings. The number of carbonyl (C=O) groups excluding carboxylic acids is 2. The van der Waals surface area contributed by atoms with E-state index in [1.165, 1.54) is 12.1 Å². The lowest BCUT2D eigenvalue weighted by atomic mass is 9.79. The molecule has 0 aromatic heterocycles. The predicted octanol–water partition coefficient (Wildman–Crippen LogP) is 4.01. The van der Waals surface area contributed by atoms with E-state index in [2.05, 4.69) is 67.8 Å². The molecule has 5 rings (SSSR count). The topological polar surface area (TPSA) is 116 Å². The lowest BCUT2D eigenvalue weighted by Gasteiger charge is -2.30. The predicted molar refractivity (Wildman–Crippen MR) is 148 cm³/mol. The van der Waals surface area contributed by atoms with Gasteiger partial charge in [0, 0.05) is 21.9 Å². The number of benzene rings is 2. The fourth-order valence-electron chi connectivity index (χ4n) is 4.60. The molecular formula is C21H15I3O8S2. The molecule has 3 saturated heterocycles. The van der Waals surface area contributed by atoms with Crippen LogP contribution in [-0.4, -0.2) is 54.2 Å². The number of hydrogen-bond acceptors (Lipinski definition) is 8. The Labute approximate surface area is 240 Å². The first-order valence-electron chi connectivity index (χ1n) is 9.96. The standard InChI is InChI=1S/C21H15I3O8S2/c22-8-5-11(15(24)13(23)6-8)20(25)32-17-16-18-12(7-30-16)14(19(17)33-18)21(26)31-9-1-3-10(4-2-9)34(27,28)29/h1-6,12,14,16-19H,7H2,(H,27,28,29). The minimum Gasteiger partial charge on any atom is -0.455 e. The molecular weight excluding hydrogens is 825 g/mol. The number of fused-ring (bicyclic) bond motifs is 1. The molecule has 0 saturated carbocycles. The van der Waals surface area contributed by atoms with Gasteiger partial charge in [-0.05, 0) is 104 Å². The van der Waals surface area contributed by atoms with Crippen molar-refractivity contribution in [3.63, 3.8) is 0 Å². The van der Waals surface area contributed by atoms with Crippen molar-refractivity contribution in [2.75, 3.05) is 6.61 Å². The van der Waals surface area contributed by atoms with Crippen LogP contribution >= 0.6 is 79.5 Å². The average molecular weight is 840 g/mol. The van der Waals surface area contributed by atoms with Crippen molar-refractivity contribution in [1.82, 2.24) is 0 Å². The Balaban J connectivity index is 1.34. The van der Waals surface area contributed by atoms with Gasteiger partial charge in [-0.15, -0.1) is 11.8 Å². The van der Waals surface area contributed by atoms with Crippen molar-refractivity contribution in [1.29, 1.82) is 0 Å². The maximum absolute atomic E-state index is 13.1. The van der Waals surface area contributed by atoms with Gasteiger partial charge in [0.25, 0.3) is 10.1 Å².